The van der Waals surface area contributed by atoms with Gasteiger partial charge in [0.25, 0.3) is 0 Å². The fourth-order valence-electron chi connectivity index (χ4n) is 3.30. The molecule has 1 aliphatic carbocycles. The molecule has 0 saturated heterocycles. The fraction of sp³-hybridized carbons (Fsp3) is 0.619. The molecule has 9 heteroatoms. The summed E-state index contributed by atoms with van der Waals surface area (Å²) in [5, 5.41) is 2.25. The summed E-state index contributed by atoms with van der Waals surface area (Å²) in [7, 11) is -3.71. The number of sulfone groups is 1. The molecule has 0 radical (unpaired) electrons. The Morgan fingerprint density at radius 1 is 1.23 bits per heavy atom. The van der Waals surface area contributed by atoms with Crippen LogP contribution in [0.4, 0.5) is 4.79 Å². The number of carbonyl (C=O) groups excluding carboxylic acids is 1. The molecule has 2 aromatic rings. The first-order valence-corrected chi connectivity index (χ1v) is 11.9. The standard InChI is InChI=1S/C21H29ClN2O5S/c1-20(2,3)18-23-15-8-7-14(22)17(16(15)29-18)30(26,27)13-9-12(10-13)11-28-19(25)24-21(4,5)6/h7-8,12-13H,9-11H2,1-6H3,(H,24,25). The predicted octanol–water partition coefficient (Wildman–Crippen LogP) is 4.86. The number of fused-ring (bicyclic) bond motifs is 1. The second-order valence-corrected chi connectivity index (χ2v) is 12.5. The highest BCUT2D eigenvalue weighted by molar-refractivity contribution is 7.92. The molecule has 1 N–H and O–H groups in total. The van der Waals surface area contributed by atoms with E-state index in [-0.39, 0.29) is 39.0 Å². The van der Waals surface area contributed by atoms with Gasteiger partial charge < -0.3 is 14.5 Å². The number of halogens is 1. The van der Waals surface area contributed by atoms with Gasteiger partial charge in [-0.3, -0.25) is 0 Å². The van der Waals surface area contributed by atoms with Gasteiger partial charge in [0.05, 0.1) is 16.9 Å². The summed E-state index contributed by atoms with van der Waals surface area (Å²) in [4.78, 5) is 16.2. The van der Waals surface area contributed by atoms with E-state index in [1.54, 1.807) is 12.1 Å². The molecule has 1 fully saturated rings. The van der Waals surface area contributed by atoms with Crippen LogP contribution < -0.4 is 5.32 Å². The molecule has 1 aromatic carbocycles. The Hall–Kier alpha value is -1.80. The van der Waals surface area contributed by atoms with Crippen LogP contribution in [0.15, 0.2) is 21.4 Å². The average Bonchev–Trinajstić information content (AvgIpc) is 2.94. The quantitative estimate of drug-likeness (QED) is 0.705. The molecular formula is C21H29ClN2O5S. The van der Waals surface area contributed by atoms with Crippen molar-refractivity contribution < 1.29 is 22.4 Å². The lowest BCUT2D eigenvalue weighted by Crippen LogP contribution is -2.43. The van der Waals surface area contributed by atoms with E-state index in [2.05, 4.69) is 10.3 Å². The van der Waals surface area contributed by atoms with Crippen molar-refractivity contribution in [3.8, 4) is 0 Å². The molecule has 1 amide bonds. The van der Waals surface area contributed by atoms with E-state index in [9.17, 15) is 13.2 Å². The number of ether oxygens (including phenoxy) is 1. The molecule has 30 heavy (non-hydrogen) atoms. The van der Waals surface area contributed by atoms with Crippen LogP contribution in [0.1, 0.15) is 60.3 Å². The lowest BCUT2D eigenvalue weighted by atomic mass is 9.85. The number of alkyl carbamates (subject to hydrolysis) is 1. The SMILES string of the molecule is CC(C)(C)NC(=O)OCC1CC(S(=O)(=O)c2c(Cl)ccc3nc(C(C)(C)C)oc23)C1. The van der Waals surface area contributed by atoms with Gasteiger partial charge in [-0.15, -0.1) is 0 Å². The van der Waals surface area contributed by atoms with E-state index in [0.29, 0.717) is 24.2 Å². The first-order valence-electron chi connectivity index (χ1n) is 9.97. The van der Waals surface area contributed by atoms with Crippen molar-refractivity contribution in [1.82, 2.24) is 10.3 Å². The number of carbonyl (C=O) groups is 1. The van der Waals surface area contributed by atoms with Crippen LogP contribution in [0.3, 0.4) is 0 Å². The second-order valence-electron chi connectivity index (χ2n) is 9.97. The maximum absolute atomic E-state index is 13.3. The van der Waals surface area contributed by atoms with E-state index in [1.807, 2.05) is 41.5 Å². The highest BCUT2D eigenvalue weighted by Crippen LogP contribution is 2.42. The summed E-state index contributed by atoms with van der Waals surface area (Å²) >= 11 is 6.29. The van der Waals surface area contributed by atoms with E-state index >= 15 is 0 Å². The number of nitrogens with one attached hydrogen (secondary N) is 1. The lowest BCUT2D eigenvalue weighted by molar-refractivity contribution is 0.0991. The molecule has 7 nitrogen and oxygen atoms in total. The number of amides is 1. The van der Waals surface area contributed by atoms with Crippen LogP contribution in [0, 0.1) is 5.92 Å². The van der Waals surface area contributed by atoms with Crippen molar-refractivity contribution in [2.75, 3.05) is 6.61 Å². The molecular weight excluding hydrogens is 428 g/mol. The number of nitrogens with zero attached hydrogens (tertiary/aromatic N) is 1. The van der Waals surface area contributed by atoms with Crippen LogP contribution in [-0.4, -0.2) is 36.9 Å². The van der Waals surface area contributed by atoms with Crippen LogP contribution >= 0.6 is 11.6 Å². The average molecular weight is 457 g/mol. The predicted molar refractivity (Wildman–Crippen MR) is 116 cm³/mol. The number of hydrogen-bond acceptors (Lipinski definition) is 6. The molecule has 166 valence electrons. The Labute approximate surface area is 182 Å². The zero-order chi connectivity index (χ0) is 22.5. The zero-order valence-corrected chi connectivity index (χ0v) is 19.8. The lowest BCUT2D eigenvalue weighted by Gasteiger charge is -2.34. The molecule has 0 aliphatic heterocycles. The van der Waals surface area contributed by atoms with Crippen molar-refractivity contribution in [1.29, 1.82) is 0 Å². The van der Waals surface area contributed by atoms with Crippen LogP contribution in [-0.2, 0) is 20.0 Å². The van der Waals surface area contributed by atoms with E-state index in [0.717, 1.165) is 0 Å². The summed E-state index contributed by atoms with van der Waals surface area (Å²) < 4.78 is 37.6. The van der Waals surface area contributed by atoms with Crippen molar-refractivity contribution in [2.24, 2.45) is 5.92 Å². The second kappa shape index (κ2) is 7.71. The number of oxazole rings is 1. The monoisotopic (exact) mass is 456 g/mol. The number of benzene rings is 1. The van der Waals surface area contributed by atoms with E-state index in [4.69, 9.17) is 20.8 Å². The minimum atomic E-state index is -3.71. The minimum absolute atomic E-state index is 0.000453. The number of aromatic nitrogens is 1. The number of rotatable bonds is 4. The topological polar surface area (TPSA) is 98.5 Å². The third kappa shape index (κ3) is 4.75. The van der Waals surface area contributed by atoms with Crippen molar-refractivity contribution in [2.45, 2.75) is 75.5 Å². The molecule has 0 spiro atoms. The van der Waals surface area contributed by atoms with Gasteiger partial charge in [0.1, 0.15) is 10.4 Å². The fourth-order valence-corrected chi connectivity index (χ4v) is 5.90. The third-order valence-corrected chi connectivity index (χ3v) is 7.61. The smallest absolute Gasteiger partial charge is 0.407 e. The van der Waals surface area contributed by atoms with Crippen LogP contribution in [0.25, 0.3) is 11.1 Å². The highest BCUT2D eigenvalue weighted by atomic mass is 35.5. The highest BCUT2D eigenvalue weighted by Gasteiger charge is 2.42. The molecule has 0 unspecified atom stereocenters. The summed E-state index contributed by atoms with van der Waals surface area (Å²) in [5.41, 5.74) is -0.0716. The summed E-state index contributed by atoms with van der Waals surface area (Å²) in [6, 6.07) is 3.21. The van der Waals surface area contributed by atoms with Gasteiger partial charge in [0.15, 0.2) is 15.4 Å². The summed E-state index contributed by atoms with van der Waals surface area (Å²) in [6.45, 7) is 11.6. The molecule has 1 heterocycles. The van der Waals surface area contributed by atoms with E-state index in [1.165, 1.54) is 0 Å². The van der Waals surface area contributed by atoms with Crippen molar-refractivity contribution in [3.63, 3.8) is 0 Å². The van der Waals surface area contributed by atoms with Crippen molar-refractivity contribution >= 4 is 38.6 Å². The molecule has 1 saturated carbocycles. The molecule has 3 rings (SSSR count). The molecule has 0 atom stereocenters. The first kappa shape index (κ1) is 22.9. The third-order valence-electron chi connectivity index (χ3n) is 4.95. The normalized spacial score (nSPS) is 20.1. The summed E-state index contributed by atoms with van der Waals surface area (Å²) in [5.74, 6) is 0.453. The Bertz CT molecular complexity index is 1060. The summed E-state index contributed by atoms with van der Waals surface area (Å²) in [6.07, 6.45) is 0.300. The first-order chi connectivity index (χ1) is 13.7. The zero-order valence-electron chi connectivity index (χ0n) is 18.2. The van der Waals surface area contributed by atoms with Gasteiger partial charge in [0.2, 0.25) is 5.89 Å². The Morgan fingerprint density at radius 2 is 1.87 bits per heavy atom. The van der Waals surface area contributed by atoms with E-state index < -0.39 is 21.2 Å². The minimum Gasteiger partial charge on any atom is -0.449 e. The van der Waals surface area contributed by atoms with Crippen LogP contribution in [0.5, 0.6) is 0 Å². The number of hydrogen-bond donors (Lipinski definition) is 1. The van der Waals surface area contributed by atoms with Crippen molar-refractivity contribution in [3.05, 3.63) is 23.0 Å². The van der Waals surface area contributed by atoms with Gasteiger partial charge in [-0.2, -0.15) is 0 Å². The Balaban J connectivity index is 1.74. The van der Waals surface area contributed by atoms with Gasteiger partial charge in [-0.05, 0) is 51.7 Å². The van der Waals surface area contributed by atoms with Crippen LogP contribution in [0.2, 0.25) is 5.02 Å². The van der Waals surface area contributed by atoms with Gasteiger partial charge in [-0.1, -0.05) is 32.4 Å². The molecule has 1 aromatic heterocycles. The maximum Gasteiger partial charge on any atom is 0.407 e. The Morgan fingerprint density at radius 3 is 2.43 bits per heavy atom. The van der Waals surface area contributed by atoms with Gasteiger partial charge in [0, 0.05) is 11.0 Å². The molecule has 1 aliphatic rings. The van der Waals surface area contributed by atoms with Gasteiger partial charge in [-0.25, -0.2) is 18.2 Å². The Kier molecular flexibility index (Phi) is 5.88. The largest absolute Gasteiger partial charge is 0.449 e. The maximum atomic E-state index is 13.3. The molecule has 0 bridgehead atoms. The van der Waals surface area contributed by atoms with Gasteiger partial charge >= 0.3 is 6.09 Å².